The van der Waals surface area contributed by atoms with E-state index in [4.69, 9.17) is 0 Å². The van der Waals surface area contributed by atoms with Gasteiger partial charge in [0, 0.05) is 38.8 Å². The van der Waals surface area contributed by atoms with E-state index in [9.17, 15) is 5.11 Å². The molecule has 0 saturated carbocycles. The van der Waals surface area contributed by atoms with Crippen molar-refractivity contribution in [3.8, 4) is 0 Å². The van der Waals surface area contributed by atoms with Crippen molar-refractivity contribution in [2.75, 3.05) is 43.1 Å². The molecule has 1 unspecified atom stereocenters. The van der Waals surface area contributed by atoms with Gasteiger partial charge in [-0.1, -0.05) is 26.0 Å². The van der Waals surface area contributed by atoms with Crippen LogP contribution in [0.3, 0.4) is 0 Å². The third kappa shape index (κ3) is 3.64. The van der Waals surface area contributed by atoms with Crippen LogP contribution in [0.2, 0.25) is 0 Å². The zero-order valence-electron chi connectivity index (χ0n) is 12.8. The second-order valence-electron chi connectivity index (χ2n) is 5.89. The van der Waals surface area contributed by atoms with E-state index >= 15 is 0 Å². The van der Waals surface area contributed by atoms with Gasteiger partial charge in [0.2, 0.25) is 0 Å². The normalized spacial score (nSPS) is 16.4. The third-order valence-electron chi connectivity index (χ3n) is 3.88. The van der Waals surface area contributed by atoms with Crippen LogP contribution in [0.25, 0.3) is 0 Å². The van der Waals surface area contributed by atoms with E-state index in [2.05, 4.69) is 60.3 Å². The van der Waals surface area contributed by atoms with Gasteiger partial charge in [0.15, 0.2) is 0 Å². The fourth-order valence-electron chi connectivity index (χ4n) is 2.81. The minimum absolute atomic E-state index is 0.182. The molecule has 2 N–H and O–H groups in total. The van der Waals surface area contributed by atoms with E-state index in [-0.39, 0.29) is 12.6 Å². The lowest BCUT2D eigenvalue weighted by atomic mass is 10.1. The largest absolute Gasteiger partial charge is 0.395 e. The molecule has 0 saturated heterocycles. The average molecular weight is 277 g/mol. The molecule has 1 aliphatic rings. The second kappa shape index (κ2) is 6.95. The standard InChI is InChI=1S/C16H27N3O/c1-13(2)17-14(12-20)8-9-19-11-10-18(3)15-6-4-5-7-16(15)19/h4-7,13-14,17,20H,8-12H2,1-3H3. The highest BCUT2D eigenvalue weighted by Crippen LogP contribution is 2.31. The Balaban J connectivity index is 1.98. The first-order valence-electron chi connectivity index (χ1n) is 7.54. The van der Waals surface area contributed by atoms with Gasteiger partial charge in [0.1, 0.15) is 0 Å². The van der Waals surface area contributed by atoms with E-state index in [0.717, 1.165) is 26.1 Å². The van der Waals surface area contributed by atoms with Crippen molar-refractivity contribution < 1.29 is 5.11 Å². The molecule has 1 aromatic carbocycles. The molecule has 0 radical (unpaired) electrons. The third-order valence-corrected chi connectivity index (χ3v) is 3.88. The van der Waals surface area contributed by atoms with Crippen LogP contribution in [0, 0.1) is 0 Å². The van der Waals surface area contributed by atoms with E-state index < -0.39 is 0 Å². The van der Waals surface area contributed by atoms with Crippen LogP contribution in [-0.2, 0) is 0 Å². The quantitative estimate of drug-likeness (QED) is 0.830. The Morgan fingerprint density at radius 2 is 1.90 bits per heavy atom. The smallest absolute Gasteiger partial charge is 0.0604 e. The van der Waals surface area contributed by atoms with Crippen molar-refractivity contribution in [3.63, 3.8) is 0 Å². The van der Waals surface area contributed by atoms with Gasteiger partial charge in [-0.05, 0) is 18.6 Å². The van der Waals surface area contributed by atoms with Crippen LogP contribution in [-0.4, -0.2) is 50.5 Å². The lowest BCUT2D eigenvalue weighted by Crippen LogP contribution is -2.43. The number of nitrogens with zero attached hydrogens (tertiary/aromatic N) is 2. The number of aliphatic hydroxyl groups excluding tert-OH is 1. The van der Waals surface area contributed by atoms with Crippen molar-refractivity contribution in [3.05, 3.63) is 24.3 Å². The zero-order chi connectivity index (χ0) is 14.5. The molecule has 4 heteroatoms. The van der Waals surface area contributed by atoms with Crippen molar-refractivity contribution >= 4 is 11.4 Å². The number of hydrogen-bond donors (Lipinski definition) is 2. The molecule has 1 atom stereocenters. The van der Waals surface area contributed by atoms with Crippen molar-refractivity contribution in [2.24, 2.45) is 0 Å². The molecule has 2 rings (SSSR count). The summed E-state index contributed by atoms with van der Waals surface area (Å²) in [4.78, 5) is 4.74. The molecule has 20 heavy (non-hydrogen) atoms. The van der Waals surface area contributed by atoms with Crippen molar-refractivity contribution in [1.29, 1.82) is 0 Å². The number of fused-ring (bicyclic) bond motifs is 1. The number of hydrogen-bond acceptors (Lipinski definition) is 4. The van der Waals surface area contributed by atoms with Crippen LogP contribution in [0.5, 0.6) is 0 Å². The van der Waals surface area contributed by atoms with Gasteiger partial charge in [0.05, 0.1) is 18.0 Å². The fourth-order valence-corrected chi connectivity index (χ4v) is 2.81. The van der Waals surface area contributed by atoms with Gasteiger partial charge in [-0.15, -0.1) is 0 Å². The number of rotatable bonds is 6. The number of aliphatic hydroxyl groups is 1. The number of anilines is 2. The van der Waals surface area contributed by atoms with E-state index in [1.54, 1.807) is 0 Å². The van der Waals surface area contributed by atoms with Crippen molar-refractivity contribution in [1.82, 2.24) is 5.32 Å². The van der Waals surface area contributed by atoms with Gasteiger partial charge in [-0.3, -0.25) is 0 Å². The molecule has 1 aromatic rings. The Morgan fingerprint density at radius 3 is 2.55 bits per heavy atom. The molecule has 0 amide bonds. The van der Waals surface area contributed by atoms with E-state index in [0.29, 0.717) is 6.04 Å². The summed E-state index contributed by atoms with van der Waals surface area (Å²) in [6, 6.07) is 9.15. The maximum Gasteiger partial charge on any atom is 0.0604 e. The highest BCUT2D eigenvalue weighted by atomic mass is 16.3. The number of nitrogens with one attached hydrogen (secondary N) is 1. The predicted octanol–water partition coefficient (Wildman–Crippen LogP) is 1.69. The summed E-state index contributed by atoms with van der Waals surface area (Å²) in [6.45, 7) is 7.52. The molecule has 4 nitrogen and oxygen atoms in total. The van der Waals surface area contributed by atoms with Crippen LogP contribution < -0.4 is 15.1 Å². The Labute approximate surface area is 122 Å². The molecule has 0 spiro atoms. The van der Waals surface area contributed by atoms with Crippen LogP contribution >= 0.6 is 0 Å². The molecule has 112 valence electrons. The van der Waals surface area contributed by atoms with Crippen LogP contribution in [0.15, 0.2) is 24.3 Å². The van der Waals surface area contributed by atoms with Gasteiger partial charge in [0.25, 0.3) is 0 Å². The highest BCUT2D eigenvalue weighted by molar-refractivity contribution is 5.73. The lowest BCUT2D eigenvalue weighted by molar-refractivity contribution is 0.229. The Morgan fingerprint density at radius 1 is 1.20 bits per heavy atom. The molecule has 0 aromatic heterocycles. The second-order valence-corrected chi connectivity index (χ2v) is 5.89. The van der Waals surface area contributed by atoms with E-state index in [1.807, 2.05) is 0 Å². The summed E-state index contributed by atoms with van der Waals surface area (Å²) < 4.78 is 0. The monoisotopic (exact) mass is 277 g/mol. The van der Waals surface area contributed by atoms with Crippen molar-refractivity contribution in [2.45, 2.75) is 32.4 Å². The molecule has 0 aliphatic carbocycles. The average Bonchev–Trinajstić information content (AvgIpc) is 2.45. The molecular formula is C16H27N3O. The van der Waals surface area contributed by atoms with Crippen LogP contribution in [0.1, 0.15) is 20.3 Å². The zero-order valence-corrected chi connectivity index (χ0v) is 12.8. The summed E-state index contributed by atoms with van der Waals surface area (Å²) in [6.07, 6.45) is 0.965. The van der Waals surface area contributed by atoms with E-state index in [1.165, 1.54) is 11.4 Å². The summed E-state index contributed by atoms with van der Waals surface area (Å²) in [5, 5.41) is 12.9. The first-order valence-corrected chi connectivity index (χ1v) is 7.54. The first-order chi connectivity index (χ1) is 9.61. The predicted molar refractivity (Wildman–Crippen MR) is 85.7 cm³/mol. The molecule has 0 bridgehead atoms. The maximum absolute atomic E-state index is 9.45. The minimum atomic E-state index is 0.182. The maximum atomic E-state index is 9.45. The summed E-state index contributed by atoms with van der Waals surface area (Å²) in [7, 11) is 2.15. The summed E-state index contributed by atoms with van der Waals surface area (Å²) >= 11 is 0. The topological polar surface area (TPSA) is 38.7 Å². The number of likely N-dealkylation sites (N-methyl/N-ethyl adjacent to an activating group) is 1. The molecular weight excluding hydrogens is 250 g/mol. The van der Waals surface area contributed by atoms with Gasteiger partial charge in [-0.25, -0.2) is 0 Å². The first kappa shape index (κ1) is 15.1. The van der Waals surface area contributed by atoms with Crippen LogP contribution in [0.4, 0.5) is 11.4 Å². The van der Waals surface area contributed by atoms with Gasteiger partial charge in [-0.2, -0.15) is 0 Å². The fraction of sp³-hybridized carbons (Fsp3) is 0.625. The Hall–Kier alpha value is -1.26. The molecule has 1 heterocycles. The minimum Gasteiger partial charge on any atom is -0.395 e. The Bertz CT molecular complexity index is 422. The number of para-hydroxylation sites is 2. The molecule has 1 aliphatic heterocycles. The SMILES string of the molecule is CC(C)NC(CO)CCN1CCN(C)c2ccccc21. The molecule has 0 fully saturated rings. The highest BCUT2D eigenvalue weighted by Gasteiger charge is 2.20. The lowest BCUT2D eigenvalue weighted by Gasteiger charge is -2.37. The summed E-state index contributed by atoms with van der Waals surface area (Å²) in [5.41, 5.74) is 2.61. The van der Waals surface area contributed by atoms with Gasteiger partial charge < -0.3 is 20.2 Å². The number of benzene rings is 1. The Kier molecular flexibility index (Phi) is 5.26. The van der Waals surface area contributed by atoms with Gasteiger partial charge >= 0.3 is 0 Å². The summed E-state index contributed by atoms with van der Waals surface area (Å²) in [5.74, 6) is 0.